The number of carbonyl (C=O) groups excluding carboxylic acids is 1. The van der Waals surface area contributed by atoms with E-state index in [4.69, 9.17) is 36.1 Å². The first-order chi connectivity index (χ1) is 20.8. The van der Waals surface area contributed by atoms with Gasteiger partial charge in [0.2, 0.25) is 5.95 Å². The number of fused-ring (bicyclic) bond motifs is 2. The minimum Gasteiger partial charge on any atom is -0.462 e. The van der Waals surface area contributed by atoms with Gasteiger partial charge in [0.1, 0.15) is 24.0 Å². The third-order valence-electron chi connectivity index (χ3n) is 7.08. The summed E-state index contributed by atoms with van der Waals surface area (Å²) in [5.41, 5.74) is 4.12. The number of rotatable bonds is 11. The van der Waals surface area contributed by atoms with E-state index in [1.807, 2.05) is 36.4 Å². The van der Waals surface area contributed by atoms with Gasteiger partial charge in [0.25, 0.3) is 0 Å². The van der Waals surface area contributed by atoms with Crippen molar-refractivity contribution in [3.8, 4) is 5.75 Å². The van der Waals surface area contributed by atoms with Crippen LogP contribution in [0.15, 0.2) is 48.8 Å². The van der Waals surface area contributed by atoms with Gasteiger partial charge >= 0.3 is 12.6 Å². The Morgan fingerprint density at radius 2 is 1.98 bits per heavy atom. The smallest absolute Gasteiger partial charge is 0.323 e. The molecule has 5 N–H and O–H groups in total. The zero-order valence-corrected chi connectivity index (χ0v) is 26.5. The molecule has 5 rings (SSSR count). The summed E-state index contributed by atoms with van der Waals surface area (Å²) in [6.45, 7) is 2.33. The molecule has 1 aliphatic rings. The fraction of sp³-hybridized carbons (Fsp3) is 0.429. The van der Waals surface area contributed by atoms with Gasteiger partial charge in [-0.25, -0.2) is 14.5 Å². The molecule has 236 valence electrons. The van der Waals surface area contributed by atoms with Crippen molar-refractivity contribution >= 4 is 58.1 Å². The van der Waals surface area contributed by atoms with Crippen LogP contribution in [0.1, 0.15) is 33.9 Å². The number of anilines is 2. The molecule has 0 bridgehead atoms. The Morgan fingerprint density at radius 1 is 1.25 bits per heavy atom. The molecule has 6 atom stereocenters. The van der Waals surface area contributed by atoms with Gasteiger partial charge in [-0.3, -0.25) is 9.36 Å². The third-order valence-corrected chi connectivity index (χ3v) is 9.56. The topological polar surface area (TPSA) is 168 Å². The number of hydrogen-bond acceptors (Lipinski definition) is 12. The molecule has 0 spiro atoms. The van der Waals surface area contributed by atoms with Gasteiger partial charge in [0.05, 0.1) is 19.0 Å². The van der Waals surface area contributed by atoms with Crippen molar-refractivity contribution in [2.45, 2.75) is 63.9 Å². The molecule has 3 heterocycles. The molecule has 16 heteroatoms. The van der Waals surface area contributed by atoms with Gasteiger partial charge < -0.3 is 34.7 Å². The minimum atomic E-state index is -3.55. The Balaban J connectivity index is 1.42. The Morgan fingerprint density at radius 3 is 2.70 bits per heavy atom. The van der Waals surface area contributed by atoms with Crippen LogP contribution in [0.3, 0.4) is 0 Å². The Labute approximate surface area is 258 Å². The predicted octanol–water partition coefficient (Wildman–Crippen LogP) is 3.84. The predicted molar refractivity (Wildman–Crippen MR) is 167 cm³/mol. The van der Waals surface area contributed by atoms with Gasteiger partial charge in [-0.15, -0.1) is 0 Å². The summed E-state index contributed by atoms with van der Waals surface area (Å²) < 4.78 is 41.3. The number of nitrogens with one attached hydrogen (secondary N) is 2. The van der Waals surface area contributed by atoms with E-state index in [2.05, 4.69) is 25.4 Å². The van der Waals surface area contributed by atoms with Gasteiger partial charge in [0, 0.05) is 12.4 Å². The highest BCUT2D eigenvalue weighted by Gasteiger charge is 2.56. The molecule has 1 saturated heterocycles. The van der Waals surface area contributed by atoms with E-state index >= 15 is 4.39 Å². The second kappa shape index (κ2) is 12.5. The highest BCUT2D eigenvalue weighted by Crippen LogP contribution is 2.49. The zero-order chi connectivity index (χ0) is 31.8. The van der Waals surface area contributed by atoms with E-state index in [1.165, 1.54) is 17.8 Å². The maximum atomic E-state index is 16.2. The van der Waals surface area contributed by atoms with Crippen LogP contribution in [-0.2, 0) is 30.6 Å². The van der Waals surface area contributed by atoms with E-state index in [0.29, 0.717) is 17.1 Å². The lowest BCUT2D eigenvalue weighted by molar-refractivity contribution is -0.149. The van der Waals surface area contributed by atoms with E-state index < -0.39 is 42.8 Å². The summed E-state index contributed by atoms with van der Waals surface area (Å²) in [5, 5.41) is 18.6. The van der Waals surface area contributed by atoms with Gasteiger partial charge in [-0.1, -0.05) is 36.4 Å². The number of nitrogens with two attached hydrogens (primary N) is 1. The highest BCUT2D eigenvalue weighted by molar-refractivity contribution is 8.09. The summed E-state index contributed by atoms with van der Waals surface area (Å²) in [5.74, 6) is 0.173. The number of nitrogens with zero attached hydrogens (tertiary/aromatic N) is 4. The molecule has 2 aromatic heterocycles. The number of aliphatic hydroxyl groups is 1. The maximum Gasteiger partial charge on any atom is 0.323 e. The van der Waals surface area contributed by atoms with Crippen LogP contribution in [0, 0.1) is 0 Å². The molecular weight excluding hydrogens is 612 g/mol. The molecule has 0 radical (unpaired) electrons. The molecule has 1 aliphatic heterocycles. The second-order valence-corrected chi connectivity index (χ2v) is 14.0. The quantitative estimate of drug-likeness (QED) is 0.137. The molecule has 4 aromatic rings. The molecule has 13 nitrogen and oxygen atoms in total. The number of aliphatic hydroxyl groups excluding tert-OH is 1. The van der Waals surface area contributed by atoms with Crippen LogP contribution in [0.5, 0.6) is 5.75 Å². The van der Waals surface area contributed by atoms with Crippen molar-refractivity contribution in [2.75, 3.05) is 24.7 Å². The number of alkyl halides is 1. The number of nitrogen functional groups attached to an aromatic ring is 1. The van der Waals surface area contributed by atoms with Gasteiger partial charge in [-0.2, -0.15) is 9.97 Å². The first kappa shape index (κ1) is 31.9. The van der Waals surface area contributed by atoms with Crippen molar-refractivity contribution in [3.05, 3.63) is 48.8 Å². The molecule has 0 unspecified atom stereocenters. The molecule has 0 amide bonds. The van der Waals surface area contributed by atoms with Crippen LogP contribution in [0.4, 0.5) is 16.2 Å². The molecule has 0 saturated carbocycles. The molecule has 1 fully saturated rings. The van der Waals surface area contributed by atoms with E-state index in [0.717, 1.165) is 10.8 Å². The van der Waals surface area contributed by atoms with Crippen molar-refractivity contribution < 1.29 is 32.8 Å². The summed E-state index contributed by atoms with van der Waals surface area (Å²) in [4.78, 5) is 25.3. The van der Waals surface area contributed by atoms with Gasteiger partial charge in [0.15, 0.2) is 28.9 Å². The van der Waals surface area contributed by atoms with Crippen molar-refractivity contribution in [3.63, 3.8) is 0 Å². The number of ether oxygens (including phenoxy) is 2. The van der Waals surface area contributed by atoms with E-state index in [1.54, 1.807) is 33.9 Å². The standard InChI is InChI=1S/C28H35FN7O6PS/c1-15(2)40-25(38)16(3)35-43(44,42-19-12-8-10-17-9-6-7-11-18(17)19)39-13-20-22(37)28(4,29)26(41-20)36-14-32-21-23(31-5)33-27(30)34-24(21)36/h6-12,14-16,20,22,26,37H,13H2,1-5H3,(H,35,44)(H3,30,31,33,34)/t16-,20-,22-,26-,28-,43+/m1/s1. The lowest BCUT2D eigenvalue weighted by Gasteiger charge is -2.28. The highest BCUT2D eigenvalue weighted by atomic mass is 32.5. The largest absolute Gasteiger partial charge is 0.462 e. The Bertz CT molecular complexity index is 1720. The molecule has 2 aromatic carbocycles. The summed E-state index contributed by atoms with van der Waals surface area (Å²) in [6.07, 6.45) is -3.18. The fourth-order valence-corrected chi connectivity index (χ4v) is 7.34. The minimum absolute atomic E-state index is 0.0509. The molecular formula is C28H35FN7O6PS. The van der Waals surface area contributed by atoms with Gasteiger partial charge in [-0.05, 0) is 51.0 Å². The van der Waals surface area contributed by atoms with Crippen LogP contribution in [-0.4, -0.2) is 74.3 Å². The third kappa shape index (κ3) is 6.34. The molecule has 0 aliphatic carbocycles. The number of esters is 1. The SMILES string of the molecule is CNc1nc(N)nc2c1ncn2[C@@H]1O[C@H](CO[P@@](=S)(N[C@H](C)C(=O)OC(C)C)Oc2cccc3ccccc23)[C@@H](O)[C@@]1(C)F. The average molecular weight is 648 g/mol. The van der Waals surface area contributed by atoms with Crippen LogP contribution < -0.4 is 20.7 Å². The fourth-order valence-electron chi connectivity index (χ4n) is 4.92. The summed E-state index contributed by atoms with van der Waals surface area (Å²) in [6, 6.07) is 12.1. The first-order valence-corrected chi connectivity index (χ1v) is 16.6. The lowest BCUT2D eigenvalue weighted by atomic mass is 9.98. The van der Waals surface area contributed by atoms with Crippen molar-refractivity contribution in [1.29, 1.82) is 0 Å². The summed E-state index contributed by atoms with van der Waals surface area (Å²) in [7, 11) is 1.64. The average Bonchev–Trinajstić information content (AvgIpc) is 3.48. The maximum absolute atomic E-state index is 16.2. The normalized spacial score (nSPS) is 24.0. The monoisotopic (exact) mass is 647 g/mol. The number of imidazole rings is 1. The zero-order valence-electron chi connectivity index (χ0n) is 24.8. The number of aromatic nitrogens is 4. The Kier molecular flexibility index (Phi) is 9.08. The lowest BCUT2D eigenvalue weighted by Crippen LogP contribution is -2.41. The van der Waals surface area contributed by atoms with E-state index in [-0.39, 0.29) is 24.3 Å². The van der Waals surface area contributed by atoms with E-state index in [9.17, 15) is 9.90 Å². The van der Waals surface area contributed by atoms with Crippen molar-refractivity contribution in [1.82, 2.24) is 24.6 Å². The number of halogens is 1. The van der Waals surface area contributed by atoms with Crippen LogP contribution in [0.25, 0.3) is 21.9 Å². The molecule has 44 heavy (non-hydrogen) atoms. The first-order valence-electron chi connectivity index (χ1n) is 13.9. The number of hydrogen-bond donors (Lipinski definition) is 4. The van der Waals surface area contributed by atoms with Crippen molar-refractivity contribution in [2.24, 2.45) is 0 Å². The van der Waals surface area contributed by atoms with Crippen LogP contribution in [0.2, 0.25) is 0 Å². The van der Waals surface area contributed by atoms with Crippen LogP contribution >= 0.6 is 6.64 Å². The Hall–Kier alpha value is -3.46. The summed E-state index contributed by atoms with van der Waals surface area (Å²) >= 11 is 5.86. The number of benzene rings is 2. The second-order valence-electron chi connectivity index (χ2n) is 10.8. The number of carbonyl (C=O) groups is 1.